The molecule has 0 aliphatic heterocycles. The van der Waals surface area contributed by atoms with Crippen molar-refractivity contribution >= 4 is 11.9 Å². The summed E-state index contributed by atoms with van der Waals surface area (Å²) < 4.78 is 5.85. The third kappa shape index (κ3) is 6.79. The molecular formula is C24H36N2O4. The van der Waals surface area contributed by atoms with Crippen molar-refractivity contribution in [1.29, 1.82) is 0 Å². The quantitative estimate of drug-likeness (QED) is 0.574. The fourth-order valence-corrected chi connectivity index (χ4v) is 4.40. The molecule has 6 heteroatoms. The highest BCUT2D eigenvalue weighted by molar-refractivity contribution is 5.83. The van der Waals surface area contributed by atoms with Gasteiger partial charge in [-0.1, -0.05) is 19.9 Å². The second-order valence-electron chi connectivity index (χ2n) is 9.33. The summed E-state index contributed by atoms with van der Waals surface area (Å²) in [6.07, 6.45) is 9.92. The lowest BCUT2D eigenvalue weighted by Gasteiger charge is -2.35. The number of carboxylic acids is 1. The van der Waals surface area contributed by atoms with Crippen LogP contribution in [0.2, 0.25) is 0 Å². The first-order chi connectivity index (χ1) is 14.4. The number of hydrogen-bond donors (Lipinski definition) is 2. The van der Waals surface area contributed by atoms with Gasteiger partial charge in [0.2, 0.25) is 5.91 Å². The number of aliphatic carboxylic acids is 1. The second-order valence-corrected chi connectivity index (χ2v) is 9.33. The van der Waals surface area contributed by atoms with E-state index >= 15 is 0 Å². The van der Waals surface area contributed by atoms with Gasteiger partial charge in [0.15, 0.2) is 0 Å². The zero-order valence-corrected chi connectivity index (χ0v) is 18.4. The molecular weight excluding hydrogens is 380 g/mol. The van der Waals surface area contributed by atoms with Gasteiger partial charge in [-0.2, -0.15) is 0 Å². The number of carboxylic acid groups (broad SMARTS) is 1. The number of carbonyl (C=O) groups excluding carboxylic acids is 1. The zero-order chi connectivity index (χ0) is 21.5. The van der Waals surface area contributed by atoms with Crippen molar-refractivity contribution in [3.05, 3.63) is 29.1 Å². The molecule has 1 aromatic rings. The Morgan fingerprint density at radius 2 is 2.00 bits per heavy atom. The number of aromatic nitrogens is 1. The molecule has 1 heterocycles. The van der Waals surface area contributed by atoms with E-state index in [1.54, 1.807) is 0 Å². The first-order valence-corrected chi connectivity index (χ1v) is 11.5. The molecule has 30 heavy (non-hydrogen) atoms. The van der Waals surface area contributed by atoms with Gasteiger partial charge < -0.3 is 15.2 Å². The lowest BCUT2D eigenvalue weighted by atomic mass is 9.79. The number of aryl methyl sites for hydroxylation is 3. The van der Waals surface area contributed by atoms with E-state index in [-0.39, 0.29) is 17.9 Å². The van der Waals surface area contributed by atoms with Crippen LogP contribution in [-0.2, 0) is 33.6 Å². The standard InChI is InChI=1S/C24H36N2O4/c1-16(2)13-23(27)26-22(24(28)29)11-12-30-20-14-17(15-20)7-9-19-10-8-18-5-3-4-6-21(18)25-19/h8,10,16-17,20,22H,3-7,9,11-15H2,1-2H3,(H,26,27)(H,28,29). The molecule has 2 aliphatic rings. The van der Waals surface area contributed by atoms with E-state index in [1.165, 1.54) is 36.2 Å². The molecule has 1 fully saturated rings. The van der Waals surface area contributed by atoms with Gasteiger partial charge in [0.1, 0.15) is 6.04 Å². The van der Waals surface area contributed by atoms with Crippen LogP contribution < -0.4 is 5.32 Å². The molecule has 0 spiro atoms. The van der Waals surface area contributed by atoms with E-state index < -0.39 is 12.0 Å². The topological polar surface area (TPSA) is 88.5 Å². The van der Waals surface area contributed by atoms with Crippen molar-refractivity contribution in [2.24, 2.45) is 11.8 Å². The number of fused-ring (bicyclic) bond motifs is 1. The molecule has 1 amide bonds. The smallest absolute Gasteiger partial charge is 0.326 e. The van der Waals surface area contributed by atoms with Crippen molar-refractivity contribution in [3.63, 3.8) is 0 Å². The van der Waals surface area contributed by atoms with Gasteiger partial charge in [-0.3, -0.25) is 9.78 Å². The van der Waals surface area contributed by atoms with Gasteiger partial charge in [0.25, 0.3) is 0 Å². The van der Waals surface area contributed by atoms with Gasteiger partial charge in [-0.25, -0.2) is 4.79 Å². The number of pyridine rings is 1. The predicted octanol–water partition coefficient (Wildman–Crippen LogP) is 3.69. The maximum absolute atomic E-state index is 11.8. The number of hydrogen-bond acceptors (Lipinski definition) is 4. The van der Waals surface area contributed by atoms with Crippen molar-refractivity contribution in [1.82, 2.24) is 10.3 Å². The maximum atomic E-state index is 11.8. The highest BCUT2D eigenvalue weighted by atomic mass is 16.5. The summed E-state index contributed by atoms with van der Waals surface area (Å²) >= 11 is 0. The van der Waals surface area contributed by atoms with E-state index in [4.69, 9.17) is 9.72 Å². The first-order valence-electron chi connectivity index (χ1n) is 11.5. The molecule has 3 rings (SSSR count). The highest BCUT2D eigenvalue weighted by Crippen LogP contribution is 2.34. The molecule has 2 aliphatic carbocycles. The fourth-order valence-electron chi connectivity index (χ4n) is 4.40. The third-order valence-electron chi connectivity index (χ3n) is 6.22. The van der Waals surface area contributed by atoms with Crippen molar-refractivity contribution in [2.75, 3.05) is 6.61 Å². The molecule has 0 bridgehead atoms. The minimum absolute atomic E-state index is 0.208. The summed E-state index contributed by atoms with van der Waals surface area (Å²) in [6, 6.07) is 3.58. The van der Waals surface area contributed by atoms with E-state index in [2.05, 4.69) is 17.4 Å². The molecule has 1 aromatic heterocycles. The Morgan fingerprint density at radius 3 is 2.73 bits per heavy atom. The summed E-state index contributed by atoms with van der Waals surface area (Å²) in [5, 5.41) is 11.9. The van der Waals surface area contributed by atoms with E-state index in [0.717, 1.165) is 32.1 Å². The van der Waals surface area contributed by atoms with Crippen LogP contribution in [0.15, 0.2) is 12.1 Å². The zero-order valence-electron chi connectivity index (χ0n) is 18.4. The van der Waals surface area contributed by atoms with E-state index in [0.29, 0.717) is 25.4 Å². The van der Waals surface area contributed by atoms with Crippen LogP contribution in [0.4, 0.5) is 0 Å². The molecule has 0 saturated heterocycles. The van der Waals surface area contributed by atoms with Crippen LogP contribution >= 0.6 is 0 Å². The molecule has 1 unspecified atom stereocenters. The summed E-state index contributed by atoms with van der Waals surface area (Å²) in [5.74, 6) is -0.343. The van der Waals surface area contributed by atoms with Gasteiger partial charge in [0.05, 0.1) is 6.10 Å². The summed E-state index contributed by atoms with van der Waals surface area (Å²) in [4.78, 5) is 28.1. The SMILES string of the molecule is CC(C)CC(=O)NC(CCOC1CC(CCc2ccc3c(n2)CCCC3)C1)C(=O)O. The summed E-state index contributed by atoms with van der Waals surface area (Å²) in [6.45, 7) is 4.24. The van der Waals surface area contributed by atoms with Gasteiger partial charge >= 0.3 is 5.97 Å². The summed E-state index contributed by atoms with van der Waals surface area (Å²) in [7, 11) is 0. The van der Waals surface area contributed by atoms with Gasteiger partial charge in [-0.05, 0) is 74.8 Å². The molecule has 0 aromatic carbocycles. The maximum Gasteiger partial charge on any atom is 0.326 e. The molecule has 2 N–H and O–H groups in total. The Balaban J connectivity index is 1.31. The number of rotatable bonds is 11. The Labute approximate surface area is 179 Å². The van der Waals surface area contributed by atoms with Crippen LogP contribution in [0, 0.1) is 11.8 Å². The molecule has 6 nitrogen and oxygen atoms in total. The van der Waals surface area contributed by atoms with Gasteiger partial charge in [0, 0.05) is 30.8 Å². The molecule has 1 saturated carbocycles. The molecule has 1 atom stereocenters. The van der Waals surface area contributed by atoms with Crippen molar-refractivity contribution < 1.29 is 19.4 Å². The van der Waals surface area contributed by atoms with Crippen LogP contribution in [0.25, 0.3) is 0 Å². The van der Waals surface area contributed by atoms with Gasteiger partial charge in [-0.15, -0.1) is 0 Å². The Morgan fingerprint density at radius 1 is 1.23 bits per heavy atom. The Bertz CT molecular complexity index is 728. The summed E-state index contributed by atoms with van der Waals surface area (Å²) in [5.41, 5.74) is 3.95. The fraction of sp³-hybridized carbons (Fsp3) is 0.708. The van der Waals surface area contributed by atoms with Crippen LogP contribution in [0.1, 0.15) is 75.7 Å². The predicted molar refractivity (Wildman–Crippen MR) is 115 cm³/mol. The molecule has 166 valence electrons. The second kappa shape index (κ2) is 10.9. The molecule has 0 radical (unpaired) electrons. The highest BCUT2D eigenvalue weighted by Gasteiger charge is 2.30. The average Bonchev–Trinajstić information content (AvgIpc) is 2.67. The van der Waals surface area contributed by atoms with E-state index in [1.807, 2.05) is 13.8 Å². The van der Waals surface area contributed by atoms with E-state index in [9.17, 15) is 14.7 Å². The Kier molecular flexibility index (Phi) is 8.25. The Hall–Kier alpha value is -1.95. The van der Waals surface area contributed by atoms with Crippen LogP contribution in [0.3, 0.4) is 0 Å². The largest absolute Gasteiger partial charge is 0.480 e. The lowest BCUT2D eigenvalue weighted by Crippen LogP contribution is -2.42. The number of ether oxygens (including phenoxy) is 1. The lowest BCUT2D eigenvalue weighted by molar-refractivity contribution is -0.143. The minimum atomic E-state index is -1.00. The number of amides is 1. The van der Waals surface area contributed by atoms with Crippen molar-refractivity contribution in [2.45, 2.75) is 90.2 Å². The third-order valence-corrected chi connectivity index (χ3v) is 6.22. The number of nitrogens with zero attached hydrogens (tertiary/aromatic N) is 1. The normalized spacial score (nSPS) is 21.6. The number of carbonyl (C=O) groups is 2. The number of nitrogens with one attached hydrogen (secondary N) is 1. The monoisotopic (exact) mass is 416 g/mol. The van der Waals surface area contributed by atoms with Crippen LogP contribution in [-0.4, -0.2) is 40.7 Å². The first kappa shape index (κ1) is 22.7. The van der Waals surface area contributed by atoms with Crippen LogP contribution in [0.5, 0.6) is 0 Å². The minimum Gasteiger partial charge on any atom is -0.480 e. The van der Waals surface area contributed by atoms with Crippen molar-refractivity contribution in [3.8, 4) is 0 Å². The average molecular weight is 417 g/mol.